The van der Waals surface area contributed by atoms with Crippen molar-refractivity contribution in [3.63, 3.8) is 0 Å². The van der Waals surface area contributed by atoms with Gasteiger partial charge in [-0.25, -0.2) is 13.2 Å². The summed E-state index contributed by atoms with van der Waals surface area (Å²) in [5.41, 5.74) is 0.619. The second kappa shape index (κ2) is 6.29. The van der Waals surface area contributed by atoms with E-state index in [9.17, 15) is 13.2 Å². The topological polar surface area (TPSA) is 12.0 Å². The highest BCUT2D eigenvalue weighted by Gasteiger charge is 2.27. The van der Waals surface area contributed by atoms with E-state index in [2.05, 4.69) is 26.1 Å². The third kappa shape index (κ3) is 4.14. The summed E-state index contributed by atoms with van der Waals surface area (Å²) in [7, 11) is 0. The van der Waals surface area contributed by atoms with E-state index in [1.54, 1.807) is 0 Å². The molecule has 1 aliphatic rings. The summed E-state index contributed by atoms with van der Waals surface area (Å²) in [6, 6.07) is 2.26. The van der Waals surface area contributed by atoms with Crippen molar-refractivity contribution in [2.24, 2.45) is 11.3 Å². The van der Waals surface area contributed by atoms with Crippen molar-refractivity contribution in [1.29, 1.82) is 0 Å². The second-order valence-electron chi connectivity index (χ2n) is 7.17. The van der Waals surface area contributed by atoms with Gasteiger partial charge in [-0.05, 0) is 37.0 Å². The Kier molecular flexibility index (Phi) is 4.84. The van der Waals surface area contributed by atoms with Crippen LogP contribution in [0.2, 0.25) is 0 Å². The van der Waals surface area contributed by atoms with Gasteiger partial charge in [-0.2, -0.15) is 0 Å². The van der Waals surface area contributed by atoms with Crippen LogP contribution in [0.25, 0.3) is 0 Å². The Morgan fingerprint density at radius 1 is 0.952 bits per heavy atom. The zero-order valence-electron chi connectivity index (χ0n) is 13.0. The summed E-state index contributed by atoms with van der Waals surface area (Å²) in [6.45, 7) is 6.78. The molecule has 1 nitrogen and oxygen atoms in total. The van der Waals surface area contributed by atoms with Crippen LogP contribution in [0.4, 0.5) is 18.9 Å². The number of benzene rings is 1. The first kappa shape index (κ1) is 16.2. The van der Waals surface area contributed by atoms with E-state index >= 15 is 0 Å². The van der Waals surface area contributed by atoms with Crippen molar-refractivity contribution in [3.05, 3.63) is 29.6 Å². The van der Waals surface area contributed by atoms with Gasteiger partial charge in [0.2, 0.25) is 0 Å². The van der Waals surface area contributed by atoms with Gasteiger partial charge in [0.15, 0.2) is 17.5 Å². The molecular weight excluding hydrogens is 275 g/mol. The summed E-state index contributed by atoms with van der Waals surface area (Å²) in [6.07, 6.45) is 5.35. The van der Waals surface area contributed by atoms with Crippen LogP contribution in [0.3, 0.4) is 0 Å². The lowest BCUT2D eigenvalue weighted by atomic mass is 9.76. The zero-order chi connectivity index (χ0) is 15.6. The molecule has 0 radical (unpaired) electrons. The summed E-state index contributed by atoms with van der Waals surface area (Å²) >= 11 is 0. The maximum absolute atomic E-state index is 13.2. The predicted molar refractivity (Wildman–Crippen MR) is 79.8 cm³/mol. The molecule has 1 aromatic carbocycles. The quantitative estimate of drug-likeness (QED) is 0.561. The Labute approximate surface area is 124 Å². The molecule has 4 heteroatoms. The van der Waals surface area contributed by atoms with E-state index in [0.29, 0.717) is 17.0 Å². The minimum atomic E-state index is -1.41. The fourth-order valence-corrected chi connectivity index (χ4v) is 3.19. The van der Waals surface area contributed by atoms with E-state index in [-0.39, 0.29) is 6.04 Å². The van der Waals surface area contributed by atoms with Gasteiger partial charge in [0, 0.05) is 23.9 Å². The number of rotatable bonds is 2. The third-order valence-electron chi connectivity index (χ3n) is 4.55. The lowest BCUT2D eigenvalue weighted by molar-refractivity contribution is 0.214. The van der Waals surface area contributed by atoms with Crippen LogP contribution in [0.15, 0.2) is 12.1 Å². The number of halogens is 3. The highest BCUT2D eigenvalue weighted by atomic mass is 19.2. The van der Waals surface area contributed by atoms with Crippen molar-refractivity contribution in [1.82, 2.24) is 0 Å². The molecule has 1 aromatic rings. The van der Waals surface area contributed by atoms with Crippen molar-refractivity contribution in [3.8, 4) is 0 Å². The van der Waals surface area contributed by atoms with Crippen LogP contribution in [0.1, 0.15) is 52.9 Å². The Balaban J connectivity index is 2.01. The highest BCUT2D eigenvalue weighted by Crippen LogP contribution is 2.37. The van der Waals surface area contributed by atoms with Gasteiger partial charge in [0.25, 0.3) is 0 Å². The van der Waals surface area contributed by atoms with Crippen molar-refractivity contribution < 1.29 is 13.2 Å². The largest absolute Gasteiger partial charge is 0.382 e. The summed E-state index contributed by atoms with van der Waals surface area (Å²) in [4.78, 5) is 0. The molecular formula is C17H24F3N. The van der Waals surface area contributed by atoms with E-state index in [1.807, 2.05) is 0 Å². The molecule has 1 aliphatic carbocycles. The molecule has 1 saturated carbocycles. The lowest BCUT2D eigenvalue weighted by Gasteiger charge is -2.29. The number of anilines is 1. The molecule has 2 rings (SSSR count). The smallest absolute Gasteiger partial charge is 0.194 e. The average molecular weight is 299 g/mol. The van der Waals surface area contributed by atoms with Crippen LogP contribution < -0.4 is 5.32 Å². The summed E-state index contributed by atoms with van der Waals surface area (Å²) < 4.78 is 39.4. The van der Waals surface area contributed by atoms with Gasteiger partial charge in [0.1, 0.15) is 0 Å². The Morgan fingerprint density at radius 2 is 1.57 bits per heavy atom. The molecule has 0 spiro atoms. The fourth-order valence-electron chi connectivity index (χ4n) is 3.19. The maximum atomic E-state index is 13.2. The molecule has 1 fully saturated rings. The SMILES string of the molecule is CC(C)(C)C1CCCC(Nc2cc(F)c(F)c(F)c2)CC1. The van der Waals surface area contributed by atoms with E-state index < -0.39 is 17.5 Å². The Bertz CT molecular complexity index is 470. The fraction of sp³-hybridized carbons (Fsp3) is 0.647. The molecule has 0 amide bonds. The van der Waals surface area contributed by atoms with Gasteiger partial charge in [-0.15, -0.1) is 0 Å². The minimum absolute atomic E-state index is 0.196. The third-order valence-corrected chi connectivity index (χ3v) is 4.55. The number of hydrogen-bond acceptors (Lipinski definition) is 1. The molecule has 0 bridgehead atoms. The van der Waals surface area contributed by atoms with Gasteiger partial charge in [-0.1, -0.05) is 27.2 Å². The van der Waals surface area contributed by atoms with Crippen LogP contribution >= 0.6 is 0 Å². The molecule has 0 aliphatic heterocycles. The molecule has 0 saturated heterocycles. The first-order valence-electron chi connectivity index (χ1n) is 7.68. The first-order chi connectivity index (χ1) is 9.77. The molecule has 118 valence electrons. The van der Waals surface area contributed by atoms with Crippen LogP contribution in [-0.4, -0.2) is 6.04 Å². The molecule has 21 heavy (non-hydrogen) atoms. The van der Waals surface area contributed by atoms with Gasteiger partial charge >= 0.3 is 0 Å². The van der Waals surface area contributed by atoms with Crippen LogP contribution in [0, 0.1) is 28.8 Å². The first-order valence-corrected chi connectivity index (χ1v) is 7.68. The Hall–Kier alpha value is -1.19. The second-order valence-corrected chi connectivity index (χ2v) is 7.17. The average Bonchev–Trinajstić information content (AvgIpc) is 2.61. The van der Waals surface area contributed by atoms with E-state index in [1.165, 1.54) is 6.42 Å². The lowest BCUT2D eigenvalue weighted by Crippen LogP contribution is -2.21. The van der Waals surface area contributed by atoms with Crippen LogP contribution in [0.5, 0.6) is 0 Å². The molecule has 2 atom stereocenters. The molecule has 0 aromatic heterocycles. The molecule has 2 unspecified atom stereocenters. The number of hydrogen-bond donors (Lipinski definition) is 1. The van der Waals surface area contributed by atoms with Crippen molar-refractivity contribution in [2.45, 2.75) is 58.9 Å². The van der Waals surface area contributed by atoms with Gasteiger partial charge in [-0.3, -0.25) is 0 Å². The predicted octanol–water partition coefficient (Wildman–Crippen LogP) is 5.51. The van der Waals surface area contributed by atoms with Gasteiger partial charge in [0.05, 0.1) is 0 Å². The highest BCUT2D eigenvalue weighted by molar-refractivity contribution is 5.45. The molecule has 0 heterocycles. The zero-order valence-corrected chi connectivity index (χ0v) is 13.0. The Morgan fingerprint density at radius 3 is 2.14 bits per heavy atom. The van der Waals surface area contributed by atoms with Crippen LogP contribution in [-0.2, 0) is 0 Å². The summed E-state index contributed by atoms with van der Waals surface area (Å²) in [5, 5.41) is 3.16. The normalized spacial score (nSPS) is 23.7. The maximum Gasteiger partial charge on any atom is 0.194 e. The van der Waals surface area contributed by atoms with E-state index in [0.717, 1.165) is 37.8 Å². The minimum Gasteiger partial charge on any atom is -0.382 e. The standard InChI is InChI=1S/C17H24F3N/c1-17(2,3)11-5-4-6-12(8-7-11)21-13-9-14(18)16(20)15(19)10-13/h9-12,21H,4-8H2,1-3H3. The van der Waals surface area contributed by atoms with E-state index in [4.69, 9.17) is 0 Å². The molecule has 1 N–H and O–H groups in total. The van der Waals surface area contributed by atoms with Crippen molar-refractivity contribution >= 4 is 5.69 Å². The van der Waals surface area contributed by atoms with Crippen molar-refractivity contribution in [2.75, 3.05) is 5.32 Å². The monoisotopic (exact) mass is 299 g/mol. The van der Waals surface area contributed by atoms with Gasteiger partial charge < -0.3 is 5.32 Å². The number of nitrogens with one attached hydrogen (secondary N) is 1. The summed E-state index contributed by atoms with van der Waals surface area (Å²) in [5.74, 6) is -3.02.